The van der Waals surface area contributed by atoms with E-state index >= 15 is 0 Å². The van der Waals surface area contributed by atoms with Crippen LogP contribution < -0.4 is 5.32 Å². The number of benzene rings is 2. The number of rotatable bonds is 8. The normalized spacial score (nSPS) is 17.2. The Hall–Kier alpha value is -2.70. The zero-order valence-corrected chi connectivity index (χ0v) is 15.8. The average molecular weight is 382 g/mol. The monoisotopic (exact) mass is 382 g/mol. The zero-order valence-electron chi connectivity index (χ0n) is 15.8. The first-order chi connectivity index (χ1) is 13.6. The molecule has 3 rings (SSSR count). The second-order valence-electron chi connectivity index (χ2n) is 7.06. The van der Waals surface area contributed by atoms with E-state index < -0.39 is 5.97 Å². The molecule has 1 amide bonds. The fourth-order valence-electron chi connectivity index (χ4n) is 3.36. The lowest BCUT2D eigenvalue weighted by molar-refractivity contribution is -0.137. The highest BCUT2D eigenvalue weighted by molar-refractivity contribution is 5.91. The number of aryl methyl sites for hydroxylation is 1. The summed E-state index contributed by atoms with van der Waals surface area (Å²) in [6.45, 7) is 3.06. The molecule has 1 aliphatic heterocycles. The van der Waals surface area contributed by atoms with E-state index in [1.165, 1.54) is 5.56 Å². The number of aliphatic carboxylic acids is 1. The lowest BCUT2D eigenvalue weighted by atomic mass is 10.1. The second-order valence-corrected chi connectivity index (χ2v) is 7.06. The number of morpholine rings is 1. The third-order valence-electron chi connectivity index (χ3n) is 4.72. The summed E-state index contributed by atoms with van der Waals surface area (Å²) in [6, 6.07) is 17.6. The van der Waals surface area contributed by atoms with Crippen LogP contribution >= 0.6 is 0 Å². The SMILES string of the molecule is O=C(O)CCc1cccc(NC(=O)CC2CN(Cc3ccccc3)CCO2)c1. The molecule has 6 nitrogen and oxygen atoms in total. The molecule has 2 N–H and O–H groups in total. The van der Waals surface area contributed by atoms with E-state index in [1.807, 2.05) is 42.5 Å². The number of hydrogen-bond acceptors (Lipinski definition) is 4. The van der Waals surface area contributed by atoms with Gasteiger partial charge in [-0.1, -0.05) is 42.5 Å². The Bertz CT molecular complexity index is 794. The molecule has 28 heavy (non-hydrogen) atoms. The summed E-state index contributed by atoms with van der Waals surface area (Å²) < 4.78 is 5.78. The van der Waals surface area contributed by atoms with Crippen LogP contribution in [0.2, 0.25) is 0 Å². The van der Waals surface area contributed by atoms with E-state index in [2.05, 4.69) is 22.3 Å². The average Bonchev–Trinajstić information content (AvgIpc) is 2.68. The summed E-state index contributed by atoms with van der Waals surface area (Å²) in [5.74, 6) is -0.925. The van der Waals surface area contributed by atoms with E-state index in [0.29, 0.717) is 25.1 Å². The van der Waals surface area contributed by atoms with Crippen molar-refractivity contribution in [2.75, 3.05) is 25.0 Å². The summed E-state index contributed by atoms with van der Waals surface area (Å²) in [7, 11) is 0. The van der Waals surface area contributed by atoms with Crippen molar-refractivity contribution in [1.82, 2.24) is 4.90 Å². The molecule has 0 saturated carbocycles. The van der Waals surface area contributed by atoms with Crippen molar-refractivity contribution in [2.45, 2.75) is 31.9 Å². The Morgan fingerprint density at radius 2 is 1.89 bits per heavy atom. The number of nitrogens with one attached hydrogen (secondary N) is 1. The highest BCUT2D eigenvalue weighted by Gasteiger charge is 2.23. The van der Waals surface area contributed by atoms with Crippen LogP contribution in [0.25, 0.3) is 0 Å². The van der Waals surface area contributed by atoms with Crippen molar-refractivity contribution in [2.24, 2.45) is 0 Å². The zero-order chi connectivity index (χ0) is 19.8. The molecular formula is C22H26N2O4. The summed E-state index contributed by atoms with van der Waals surface area (Å²) in [5, 5.41) is 11.7. The second kappa shape index (κ2) is 10.0. The minimum absolute atomic E-state index is 0.0740. The third kappa shape index (κ3) is 6.48. The van der Waals surface area contributed by atoms with Crippen LogP contribution in [0.4, 0.5) is 5.69 Å². The highest BCUT2D eigenvalue weighted by Crippen LogP contribution is 2.16. The predicted octanol–water partition coefficient (Wildman–Crippen LogP) is 2.93. The largest absolute Gasteiger partial charge is 0.481 e. The van der Waals surface area contributed by atoms with Gasteiger partial charge in [-0.05, 0) is 29.7 Å². The van der Waals surface area contributed by atoms with E-state index in [1.54, 1.807) is 0 Å². The molecule has 1 saturated heterocycles. The Morgan fingerprint density at radius 3 is 2.68 bits per heavy atom. The number of carbonyl (C=O) groups is 2. The Kier molecular flexibility index (Phi) is 7.17. The van der Waals surface area contributed by atoms with Gasteiger partial charge in [0, 0.05) is 31.7 Å². The first-order valence-corrected chi connectivity index (χ1v) is 9.57. The highest BCUT2D eigenvalue weighted by atomic mass is 16.5. The van der Waals surface area contributed by atoms with Crippen molar-refractivity contribution in [1.29, 1.82) is 0 Å². The molecule has 2 aromatic rings. The maximum atomic E-state index is 12.4. The molecule has 1 atom stereocenters. The minimum atomic E-state index is -0.830. The van der Waals surface area contributed by atoms with Crippen molar-refractivity contribution >= 4 is 17.6 Å². The number of carboxylic acids is 1. The van der Waals surface area contributed by atoms with Crippen LogP contribution in [0, 0.1) is 0 Å². The molecule has 2 aromatic carbocycles. The molecule has 1 fully saturated rings. The molecule has 0 bridgehead atoms. The topological polar surface area (TPSA) is 78.9 Å². The molecule has 1 heterocycles. The van der Waals surface area contributed by atoms with Gasteiger partial charge >= 0.3 is 5.97 Å². The lowest BCUT2D eigenvalue weighted by Gasteiger charge is -2.32. The van der Waals surface area contributed by atoms with Crippen molar-refractivity contribution < 1.29 is 19.4 Å². The van der Waals surface area contributed by atoms with Gasteiger partial charge in [0.25, 0.3) is 0 Å². The van der Waals surface area contributed by atoms with Gasteiger partial charge in [-0.15, -0.1) is 0 Å². The van der Waals surface area contributed by atoms with Gasteiger partial charge in [0.15, 0.2) is 0 Å². The van der Waals surface area contributed by atoms with Gasteiger partial charge in [0.1, 0.15) is 0 Å². The quantitative estimate of drug-likeness (QED) is 0.734. The van der Waals surface area contributed by atoms with Crippen LogP contribution in [0.3, 0.4) is 0 Å². The van der Waals surface area contributed by atoms with Gasteiger partial charge in [-0.3, -0.25) is 14.5 Å². The van der Waals surface area contributed by atoms with Crippen molar-refractivity contribution in [3.63, 3.8) is 0 Å². The number of carboxylic acid groups (broad SMARTS) is 1. The van der Waals surface area contributed by atoms with Crippen molar-refractivity contribution in [3.05, 3.63) is 65.7 Å². The molecule has 0 aliphatic carbocycles. The number of hydrogen-bond donors (Lipinski definition) is 2. The van der Waals surface area contributed by atoms with Crippen LogP contribution in [-0.4, -0.2) is 47.7 Å². The molecule has 1 unspecified atom stereocenters. The standard InChI is InChI=1S/C22H26N2O4/c25-21(23-19-8-4-7-17(13-19)9-10-22(26)27)14-20-16-24(11-12-28-20)15-18-5-2-1-3-6-18/h1-8,13,20H,9-12,14-16H2,(H,23,25)(H,26,27). The number of ether oxygens (including phenoxy) is 1. The summed E-state index contributed by atoms with van der Waals surface area (Å²) in [4.78, 5) is 25.4. The summed E-state index contributed by atoms with van der Waals surface area (Å²) in [6.07, 6.45) is 0.682. The number of anilines is 1. The van der Waals surface area contributed by atoms with Crippen LogP contribution in [0.1, 0.15) is 24.0 Å². The fourth-order valence-corrected chi connectivity index (χ4v) is 3.36. The fraction of sp³-hybridized carbons (Fsp3) is 0.364. The van der Waals surface area contributed by atoms with Gasteiger partial charge in [0.05, 0.1) is 19.1 Å². The Balaban J connectivity index is 1.49. The van der Waals surface area contributed by atoms with E-state index in [4.69, 9.17) is 9.84 Å². The van der Waals surface area contributed by atoms with E-state index in [0.717, 1.165) is 25.2 Å². The van der Waals surface area contributed by atoms with E-state index in [-0.39, 0.29) is 18.4 Å². The maximum absolute atomic E-state index is 12.4. The third-order valence-corrected chi connectivity index (χ3v) is 4.72. The number of carbonyl (C=O) groups excluding carboxylic acids is 1. The molecule has 1 aliphatic rings. The summed E-state index contributed by atoms with van der Waals surface area (Å²) in [5.41, 5.74) is 2.83. The summed E-state index contributed by atoms with van der Waals surface area (Å²) >= 11 is 0. The van der Waals surface area contributed by atoms with Crippen molar-refractivity contribution in [3.8, 4) is 0 Å². The molecule has 0 radical (unpaired) electrons. The Labute approximate surface area is 165 Å². The van der Waals surface area contributed by atoms with Gasteiger partial charge < -0.3 is 15.2 Å². The first kappa shape index (κ1) is 20.0. The Morgan fingerprint density at radius 1 is 1.11 bits per heavy atom. The molecular weight excluding hydrogens is 356 g/mol. The number of amides is 1. The molecule has 0 aromatic heterocycles. The number of nitrogens with zero attached hydrogens (tertiary/aromatic N) is 1. The van der Waals surface area contributed by atoms with Gasteiger partial charge in [0.2, 0.25) is 5.91 Å². The van der Waals surface area contributed by atoms with Crippen LogP contribution in [0.5, 0.6) is 0 Å². The smallest absolute Gasteiger partial charge is 0.303 e. The maximum Gasteiger partial charge on any atom is 0.303 e. The van der Waals surface area contributed by atoms with Crippen LogP contribution in [-0.2, 0) is 27.3 Å². The lowest BCUT2D eigenvalue weighted by Crippen LogP contribution is -2.43. The molecule has 6 heteroatoms. The minimum Gasteiger partial charge on any atom is -0.481 e. The van der Waals surface area contributed by atoms with Gasteiger partial charge in [-0.2, -0.15) is 0 Å². The molecule has 0 spiro atoms. The van der Waals surface area contributed by atoms with Gasteiger partial charge in [-0.25, -0.2) is 0 Å². The van der Waals surface area contributed by atoms with Crippen LogP contribution in [0.15, 0.2) is 54.6 Å². The predicted molar refractivity (Wildman–Crippen MR) is 107 cm³/mol. The van der Waals surface area contributed by atoms with E-state index in [9.17, 15) is 9.59 Å². The first-order valence-electron chi connectivity index (χ1n) is 9.57. The molecule has 148 valence electrons.